The summed E-state index contributed by atoms with van der Waals surface area (Å²) < 4.78 is 33.3. The van der Waals surface area contributed by atoms with Crippen LogP contribution in [0, 0.1) is 0 Å². The molecule has 0 amide bonds. The quantitative estimate of drug-likeness (QED) is 0.362. The van der Waals surface area contributed by atoms with Gasteiger partial charge in [-0.05, 0) is 47.9 Å². The van der Waals surface area contributed by atoms with Crippen LogP contribution in [0.3, 0.4) is 0 Å². The fourth-order valence-electron chi connectivity index (χ4n) is 2.43. The zero-order valence-corrected chi connectivity index (χ0v) is 14.0. The molecule has 3 aromatic rings. The molecule has 26 heavy (non-hydrogen) atoms. The first kappa shape index (κ1) is 17.5. The topological polar surface area (TPSA) is 142 Å². The van der Waals surface area contributed by atoms with E-state index in [1.807, 2.05) is 0 Å². The summed E-state index contributed by atoms with van der Waals surface area (Å²) in [6.07, 6.45) is 0. The van der Waals surface area contributed by atoms with E-state index in [-0.39, 0.29) is 16.6 Å². The molecule has 0 unspecified atom stereocenters. The Morgan fingerprint density at radius 1 is 0.962 bits per heavy atom. The minimum atomic E-state index is -4.63. The number of nitrogens with two attached hydrogens (primary N) is 1. The summed E-state index contributed by atoms with van der Waals surface area (Å²) >= 11 is 0. The van der Waals surface area contributed by atoms with E-state index in [9.17, 15) is 17.8 Å². The van der Waals surface area contributed by atoms with Crippen molar-refractivity contribution >= 4 is 43.9 Å². The maximum Gasteiger partial charge on any atom is 0.335 e. The SMILES string of the molecule is Nc1ccc(N=Nc2ccc3cc(C(=O)O)ccc3c2S(=O)(=O)O)cc1. The van der Waals surface area contributed by atoms with Gasteiger partial charge >= 0.3 is 5.97 Å². The predicted octanol–water partition coefficient (Wildman–Crippen LogP) is 3.78. The smallest absolute Gasteiger partial charge is 0.335 e. The number of benzene rings is 3. The fraction of sp³-hybridized carbons (Fsp3) is 0. The summed E-state index contributed by atoms with van der Waals surface area (Å²) in [5.41, 5.74) is 6.50. The van der Waals surface area contributed by atoms with Crippen LogP contribution in [-0.2, 0) is 10.1 Å². The highest BCUT2D eigenvalue weighted by atomic mass is 32.2. The molecule has 0 aliphatic carbocycles. The van der Waals surface area contributed by atoms with E-state index in [1.165, 1.54) is 30.3 Å². The van der Waals surface area contributed by atoms with E-state index < -0.39 is 21.0 Å². The maximum atomic E-state index is 11.9. The Bertz CT molecular complexity index is 1140. The highest BCUT2D eigenvalue weighted by Gasteiger charge is 2.20. The Morgan fingerprint density at radius 3 is 2.27 bits per heavy atom. The molecule has 4 N–H and O–H groups in total. The van der Waals surface area contributed by atoms with Crippen LogP contribution in [0.5, 0.6) is 0 Å². The number of rotatable bonds is 4. The first-order valence-corrected chi connectivity index (χ1v) is 8.74. The van der Waals surface area contributed by atoms with Gasteiger partial charge in [0.05, 0.1) is 11.3 Å². The van der Waals surface area contributed by atoms with Crippen molar-refractivity contribution in [2.45, 2.75) is 4.90 Å². The van der Waals surface area contributed by atoms with Crippen LogP contribution in [0.25, 0.3) is 10.8 Å². The van der Waals surface area contributed by atoms with Gasteiger partial charge in [-0.2, -0.15) is 13.5 Å². The first-order valence-electron chi connectivity index (χ1n) is 7.30. The standard InChI is InChI=1S/C17H13N3O5S/c18-12-3-5-13(6-4-12)19-20-15-8-2-10-9-11(17(21)22)1-7-14(10)16(15)26(23,24)25/h1-9H,18H2,(H,21,22)(H,23,24,25). The third-order valence-electron chi connectivity index (χ3n) is 3.62. The van der Waals surface area contributed by atoms with Crippen LogP contribution >= 0.6 is 0 Å². The minimum Gasteiger partial charge on any atom is -0.478 e. The van der Waals surface area contributed by atoms with Crippen molar-refractivity contribution in [1.82, 2.24) is 0 Å². The van der Waals surface area contributed by atoms with E-state index in [1.54, 1.807) is 24.3 Å². The van der Waals surface area contributed by atoms with Crippen molar-refractivity contribution in [1.29, 1.82) is 0 Å². The molecule has 0 heterocycles. The van der Waals surface area contributed by atoms with Crippen molar-refractivity contribution in [2.75, 3.05) is 5.73 Å². The summed E-state index contributed by atoms with van der Waals surface area (Å²) in [4.78, 5) is 10.6. The van der Waals surface area contributed by atoms with Gasteiger partial charge in [0.15, 0.2) is 0 Å². The number of nitrogen functional groups attached to an aromatic ring is 1. The van der Waals surface area contributed by atoms with Crippen LogP contribution < -0.4 is 5.73 Å². The summed E-state index contributed by atoms with van der Waals surface area (Å²) in [6, 6.07) is 13.2. The van der Waals surface area contributed by atoms with Crippen LogP contribution in [0.15, 0.2) is 69.7 Å². The van der Waals surface area contributed by atoms with Crippen LogP contribution in [0.1, 0.15) is 10.4 Å². The molecule has 8 nitrogen and oxygen atoms in total. The lowest BCUT2D eigenvalue weighted by molar-refractivity contribution is 0.0697. The van der Waals surface area contributed by atoms with Gasteiger partial charge in [0.25, 0.3) is 10.1 Å². The van der Waals surface area contributed by atoms with E-state index >= 15 is 0 Å². The molecule has 3 rings (SSSR count). The number of carboxylic acid groups (broad SMARTS) is 1. The number of hydrogen-bond acceptors (Lipinski definition) is 6. The monoisotopic (exact) mass is 371 g/mol. The third-order valence-corrected chi connectivity index (χ3v) is 4.57. The highest BCUT2D eigenvalue weighted by Crippen LogP contribution is 2.34. The van der Waals surface area contributed by atoms with Gasteiger partial charge in [-0.3, -0.25) is 4.55 Å². The number of aromatic carboxylic acids is 1. The average molecular weight is 371 g/mol. The predicted molar refractivity (Wildman–Crippen MR) is 95.8 cm³/mol. The Balaban J connectivity index is 2.17. The molecule has 0 bridgehead atoms. The number of hydrogen-bond donors (Lipinski definition) is 3. The average Bonchev–Trinajstić information content (AvgIpc) is 2.59. The van der Waals surface area contributed by atoms with Crippen molar-refractivity contribution in [2.24, 2.45) is 10.2 Å². The molecular weight excluding hydrogens is 358 g/mol. The van der Waals surface area contributed by atoms with Gasteiger partial charge in [-0.25, -0.2) is 4.79 Å². The van der Waals surface area contributed by atoms with E-state index in [2.05, 4.69) is 10.2 Å². The van der Waals surface area contributed by atoms with Crippen molar-refractivity contribution in [3.8, 4) is 0 Å². The second-order valence-electron chi connectivity index (χ2n) is 5.42. The van der Waals surface area contributed by atoms with Gasteiger partial charge in [-0.15, -0.1) is 5.11 Å². The molecule has 0 fully saturated rings. The highest BCUT2D eigenvalue weighted by molar-refractivity contribution is 7.86. The largest absolute Gasteiger partial charge is 0.478 e. The number of fused-ring (bicyclic) bond motifs is 1. The Hall–Kier alpha value is -3.30. The number of carbonyl (C=O) groups is 1. The molecule has 9 heteroatoms. The third kappa shape index (κ3) is 3.53. The fourth-order valence-corrected chi connectivity index (χ4v) is 3.26. The molecule has 3 aromatic carbocycles. The first-order chi connectivity index (χ1) is 12.3. The lowest BCUT2D eigenvalue weighted by Crippen LogP contribution is -2.01. The van der Waals surface area contributed by atoms with Crippen LogP contribution in [0.4, 0.5) is 17.1 Å². The Kier molecular flexibility index (Phi) is 4.41. The molecule has 0 saturated heterocycles. The van der Waals surface area contributed by atoms with Gasteiger partial charge in [0, 0.05) is 11.1 Å². The second kappa shape index (κ2) is 6.54. The number of carboxylic acids is 1. The molecular formula is C17H13N3O5S. The normalized spacial score (nSPS) is 11.9. The van der Waals surface area contributed by atoms with Gasteiger partial charge in [-0.1, -0.05) is 12.1 Å². The molecule has 0 spiro atoms. The minimum absolute atomic E-state index is 0.00459. The Labute approximate surface area is 148 Å². The van der Waals surface area contributed by atoms with E-state index in [0.29, 0.717) is 16.8 Å². The van der Waals surface area contributed by atoms with Crippen LogP contribution in [-0.4, -0.2) is 24.0 Å². The summed E-state index contributed by atoms with van der Waals surface area (Å²) in [6.45, 7) is 0. The molecule has 0 radical (unpaired) electrons. The molecule has 0 aliphatic heterocycles. The molecule has 0 aliphatic rings. The second-order valence-corrected chi connectivity index (χ2v) is 6.78. The summed E-state index contributed by atoms with van der Waals surface area (Å²) in [7, 11) is -4.63. The van der Waals surface area contributed by atoms with Gasteiger partial charge in [0.2, 0.25) is 0 Å². The van der Waals surface area contributed by atoms with Gasteiger partial charge in [0.1, 0.15) is 10.6 Å². The zero-order valence-electron chi connectivity index (χ0n) is 13.2. The number of azo groups is 1. The van der Waals surface area contributed by atoms with Crippen molar-refractivity contribution in [3.63, 3.8) is 0 Å². The van der Waals surface area contributed by atoms with Crippen molar-refractivity contribution < 1.29 is 22.9 Å². The molecule has 0 saturated carbocycles. The maximum absolute atomic E-state index is 11.9. The van der Waals surface area contributed by atoms with E-state index in [0.717, 1.165) is 0 Å². The van der Waals surface area contributed by atoms with Crippen molar-refractivity contribution in [3.05, 3.63) is 60.2 Å². The molecule has 0 atom stereocenters. The molecule has 0 aromatic heterocycles. The number of nitrogens with zero attached hydrogens (tertiary/aromatic N) is 2. The lowest BCUT2D eigenvalue weighted by atomic mass is 10.1. The lowest BCUT2D eigenvalue weighted by Gasteiger charge is -2.08. The van der Waals surface area contributed by atoms with E-state index in [4.69, 9.17) is 10.8 Å². The summed E-state index contributed by atoms with van der Waals surface area (Å²) in [5.74, 6) is -1.15. The summed E-state index contributed by atoms with van der Waals surface area (Å²) in [5, 5.41) is 17.4. The molecule has 132 valence electrons. The Morgan fingerprint density at radius 2 is 1.65 bits per heavy atom. The zero-order chi connectivity index (χ0) is 18.9. The van der Waals surface area contributed by atoms with Gasteiger partial charge < -0.3 is 10.8 Å². The van der Waals surface area contributed by atoms with Crippen LogP contribution in [0.2, 0.25) is 0 Å². The number of anilines is 1.